The van der Waals surface area contributed by atoms with Crippen LogP contribution in [0.5, 0.6) is 5.75 Å². The number of benzene rings is 3. The van der Waals surface area contributed by atoms with Gasteiger partial charge in [-0.2, -0.15) is 0 Å². The minimum atomic E-state index is -0.318. The number of amides is 2. The molecule has 0 fully saturated rings. The molecule has 166 valence electrons. The molecule has 2 aliphatic rings. The Morgan fingerprint density at radius 2 is 1.55 bits per heavy atom. The molecule has 33 heavy (non-hydrogen) atoms. The van der Waals surface area contributed by atoms with Gasteiger partial charge >= 0.3 is 0 Å². The van der Waals surface area contributed by atoms with Gasteiger partial charge in [0.1, 0.15) is 11.4 Å². The first kappa shape index (κ1) is 21.0. The summed E-state index contributed by atoms with van der Waals surface area (Å²) in [6.45, 7) is 5.34. The monoisotopic (exact) mass is 438 g/mol. The van der Waals surface area contributed by atoms with Gasteiger partial charge in [-0.1, -0.05) is 54.6 Å². The maximum absolute atomic E-state index is 13.9. The smallest absolute Gasteiger partial charge is 0.282 e. The van der Waals surface area contributed by atoms with Crippen LogP contribution in [0.2, 0.25) is 0 Å². The fraction of sp³-hybridized carbons (Fsp3) is 0.214. The summed E-state index contributed by atoms with van der Waals surface area (Å²) in [6, 6.07) is 21.4. The van der Waals surface area contributed by atoms with E-state index >= 15 is 0 Å². The van der Waals surface area contributed by atoms with E-state index in [0.717, 1.165) is 23.1 Å². The molecule has 0 saturated heterocycles. The lowest BCUT2D eigenvalue weighted by Crippen LogP contribution is -2.37. The summed E-state index contributed by atoms with van der Waals surface area (Å²) in [6.07, 6.45) is 0.829. The topological polar surface area (TPSA) is 49.9 Å². The molecule has 2 heterocycles. The number of ether oxygens (including phenoxy) is 1. The van der Waals surface area contributed by atoms with Crippen molar-refractivity contribution >= 4 is 23.1 Å². The third-order valence-corrected chi connectivity index (χ3v) is 6.63. The molecule has 0 bridgehead atoms. The number of fused-ring (bicyclic) bond motifs is 1. The van der Waals surface area contributed by atoms with E-state index in [2.05, 4.69) is 17.0 Å². The molecule has 3 aromatic carbocycles. The summed E-state index contributed by atoms with van der Waals surface area (Å²) < 4.78 is 5.48. The van der Waals surface area contributed by atoms with Gasteiger partial charge in [-0.05, 0) is 60.2 Å². The van der Waals surface area contributed by atoms with Gasteiger partial charge in [-0.3, -0.25) is 9.59 Å². The highest BCUT2D eigenvalue weighted by molar-refractivity contribution is 6.45. The van der Waals surface area contributed by atoms with Crippen molar-refractivity contribution in [2.75, 3.05) is 18.6 Å². The molecule has 0 N–H and O–H groups in total. The normalized spacial score (nSPS) is 15.8. The molecule has 5 nitrogen and oxygen atoms in total. The molecule has 0 radical (unpaired) electrons. The lowest BCUT2D eigenvalue weighted by atomic mass is 9.96. The second-order valence-corrected chi connectivity index (χ2v) is 8.58. The molecule has 0 aliphatic carbocycles. The highest BCUT2D eigenvalue weighted by atomic mass is 16.5. The van der Waals surface area contributed by atoms with Crippen LogP contribution in [0, 0.1) is 13.8 Å². The van der Waals surface area contributed by atoms with Crippen LogP contribution in [-0.4, -0.2) is 30.4 Å². The van der Waals surface area contributed by atoms with E-state index in [1.807, 2.05) is 56.3 Å². The minimum Gasteiger partial charge on any atom is -0.495 e. The third kappa shape index (κ3) is 3.50. The Hall–Kier alpha value is -3.86. The van der Waals surface area contributed by atoms with Crippen molar-refractivity contribution in [1.82, 2.24) is 4.90 Å². The minimum absolute atomic E-state index is 0.308. The molecular weight excluding hydrogens is 412 g/mol. The Morgan fingerprint density at radius 3 is 2.30 bits per heavy atom. The van der Waals surface area contributed by atoms with Crippen LogP contribution in [0.25, 0.3) is 5.57 Å². The Labute approximate surface area is 193 Å². The molecule has 5 heteroatoms. The van der Waals surface area contributed by atoms with E-state index in [4.69, 9.17) is 4.74 Å². The standard InChI is InChI=1S/C28H26N2O3/c1-18-12-13-21(16-19(18)2)25-26(29-15-14-20-8-4-5-9-22(20)17-29)28(32)30(27(25)31)23-10-6-7-11-24(23)33-3/h4-13,16H,14-15,17H2,1-3H3. The summed E-state index contributed by atoms with van der Waals surface area (Å²) in [4.78, 5) is 31.0. The SMILES string of the molecule is COc1ccccc1N1C(=O)C(c2ccc(C)c(C)c2)=C(N2CCc3ccccc3C2)C1=O. The predicted octanol–water partition coefficient (Wildman–Crippen LogP) is 4.65. The van der Waals surface area contributed by atoms with Crippen LogP contribution in [0.15, 0.2) is 72.4 Å². The van der Waals surface area contributed by atoms with E-state index in [0.29, 0.717) is 35.8 Å². The predicted molar refractivity (Wildman–Crippen MR) is 129 cm³/mol. The van der Waals surface area contributed by atoms with Crippen LogP contribution >= 0.6 is 0 Å². The van der Waals surface area contributed by atoms with Crippen molar-refractivity contribution in [3.8, 4) is 5.75 Å². The third-order valence-electron chi connectivity index (χ3n) is 6.63. The van der Waals surface area contributed by atoms with Crippen LogP contribution < -0.4 is 9.64 Å². The van der Waals surface area contributed by atoms with Gasteiger partial charge in [0, 0.05) is 13.1 Å². The summed E-state index contributed by atoms with van der Waals surface area (Å²) in [5, 5.41) is 0. The van der Waals surface area contributed by atoms with Crippen molar-refractivity contribution in [2.45, 2.75) is 26.8 Å². The Morgan fingerprint density at radius 1 is 0.818 bits per heavy atom. The van der Waals surface area contributed by atoms with Gasteiger partial charge in [0.05, 0.1) is 18.4 Å². The van der Waals surface area contributed by atoms with E-state index in [1.54, 1.807) is 19.2 Å². The molecule has 0 unspecified atom stereocenters. The zero-order valence-electron chi connectivity index (χ0n) is 19.1. The average Bonchev–Trinajstić information content (AvgIpc) is 3.10. The summed E-state index contributed by atoms with van der Waals surface area (Å²) >= 11 is 0. The second kappa shape index (κ2) is 8.24. The fourth-order valence-corrected chi connectivity index (χ4v) is 4.69. The molecule has 3 aromatic rings. The summed E-state index contributed by atoms with van der Waals surface area (Å²) in [5.74, 6) is -0.136. The fourth-order valence-electron chi connectivity index (χ4n) is 4.69. The highest BCUT2D eigenvalue weighted by Gasteiger charge is 2.44. The zero-order chi connectivity index (χ0) is 23.1. The zero-order valence-corrected chi connectivity index (χ0v) is 19.1. The molecule has 0 atom stereocenters. The summed E-state index contributed by atoms with van der Waals surface area (Å²) in [7, 11) is 1.55. The molecule has 2 amide bonds. The summed E-state index contributed by atoms with van der Waals surface area (Å²) in [5.41, 5.74) is 6.85. The number of rotatable bonds is 4. The molecule has 0 saturated carbocycles. The van der Waals surface area contributed by atoms with E-state index in [9.17, 15) is 9.59 Å². The average molecular weight is 439 g/mol. The highest BCUT2D eigenvalue weighted by Crippen LogP contribution is 2.40. The van der Waals surface area contributed by atoms with Crippen LogP contribution in [0.4, 0.5) is 5.69 Å². The largest absolute Gasteiger partial charge is 0.495 e. The number of nitrogens with zero attached hydrogens (tertiary/aromatic N) is 2. The molecule has 2 aliphatic heterocycles. The Balaban J connectivity index is 1.66. The Kier molecular flexibility index (Phi) is 5.25. The van der Waals surface area contributed by atoms with Gasteiger partial charge in [-0.25, -0.2) is 4.90 Å². The van der Waals surface area contributed by atoms with Crippen molar-refractivity contribution in [1.29, 1.82) is 0 Å². The first-order valence-corrected chi connectivity index (χ1v) is 11.1. The molecule has 5 rings (SSSR count). The van der Waals surface area contributed by atoms with Gasteiger partial charge in [0.15, 0.2) is 0 Å². The maximum atomic E-state index is 13.9. The lowest BCUT2D eigenvalue weighted by Gasteiger charge is -2.31. The number of anilines is 1. The van der Waals surface area contributed by atoms with E-state index in [-0.39, 0.29) is 11.8 Å². The van der Waals surface area contributed by atoms with Crippen molar-refractivity contribution in [2.24, 2.45) is 0 Å². The van der Waals surface area contributed by atoms with Crippen LogP contribution in [0.3, 0.4) is 0 Å². The van der Waals surface area contributed by atoms with Gasteiger partial charge < -0.3 is 9.64 Å². The molecular formula is C28H26N2O3. The van der Waals surface area contributed by atoms with Gasteiger partial charge in [0.25, 0.3) is 11.8 Å². The maximum Gasteiger partial charge on any atom is 0.282 e. The number of hydrogen-bond donors (Lipinski definition) is 0. The number of carbonyl (C=O) groups excluding carboxylic acids is 2. The van der Waals surface area contributed by atoms with Crippen molar-refractivity contribution in [3.05, 3.63) is 100 Å². The lowest BCUT2D eigenvalue weighted by molar-refractivity contribution is -0.120. The number of para-hydroxylation sites is 2. The quantitative estimate of drug-likeness (QED) is 0.556. The Bertz CT molecular complexity index is 1310. The van der Waals surface area contributed by atoms with Crippen LogP contribution in [-0.2, 0) is 22.6 Å². The van der Waals surface area contributed by atoms with Crippen molar-refractivity contribution < 1.29 is 14.3 Å². The second-order valence-electron chi connectivity index (χ2n) is 8.58. The van der Waals surface area contributed by atoms with Gasteiger partial charge in [0.2, 0.25) is 0 Å². The molecule has 0 spiro atoms. The van der Waals surface area contributed by atoms with E-state index < -0.39 is 0 Å². The van der Waals surface area contributed by atoms with Gasteiger partial charge in [-0.15, -0.1) is 0 Å². The van der Waals surface area contributed by atoms with Crippen molar-refractivity contribution in [3.63, 3.8) is 0 Å². The first-order valence-electron chi connectivity index (χ1n) is 11.1. The number of aryl methyl sites for hydroxylation is 2. The first-order chi connectivity index (χ1) is 16.0. The van der Waals surface area contributed by atoms with E-state index in [1.165, 1.54) is 16.0 Å². The number of imide groups is 1. The molecule has 0 aromatic heterocycles. The number of carbonyl (C=O) groups is 2. The number of methoxy groups -OCH3 is 1. The van der Waals surface area contributed by atoms with Crippen LogP contribution in [0.1, 0.15) is 27.8 Å². The number of hydrogen-bond acceptors (Lipinski definition) is 4.